The van der Waals surface area contributed by atoms with Crippen LogP contribution in [0.2, 0.25) is 0 Å². The Hall–Kier alpha value is -1.05. The molecule has 0 spiro atoms. The van der Waals surface area contributed by atoms with Crippen LogP contribution in [0.15, 0.2) is 18.2 Å². The molecule has 5 nitrogen and oxygen atoms in total. The van der Waals surface area contributed by atoms with E-state index in [-0.39, 0.29) is 5.69 Å². The topological polar surface area (TPSA) is 61.6 Å². The zero-order valence-electron chi connectivity index (χ0n) is 10.1. The van der Waals surface area contributed by atoms with Crippen molar-refractivity contribution >= 4 is 21.6 Å². The highest BCUT2D eigenvalue weighted by Gasteiger charge is 2.43. The lowest BCUT2D eigenvalue weighted by Gasteiger charge is -2.25. The molecule has 1 saturated heterocycles. The third kappa shape index (κ3) is 2.93. The number of hydrogen-bond acceptors (Lipinski definition) is 4. The van der Waals surface area contributed by atoms with Gasteiger partial charge in [0.05, 0.1) is 23.2 Å². The molecule has 104 valence electrons. The van der Waals surface area contributed by atoms with Crippen molar-refractivity contribution in [3.63, 3.8) is 0 Å². The number of nitro groups is 1. The number of hydrogen-bond donors (Lipinski definition) is 0. The first-order chi connectivity index (χ1) is 9.09. The summed E-state index contributed by atoms with van der Waals surface area (Å²) in [5.41, 5.74) is -0.749. The fourth-order valence-electron chi connectivity index (χ4n) is 2.28. The lowest BCUT2D eigenvalue weighted by Crippen LogP contribution is -2.26. The van der Waals surface area contributed by atoms with Crippen LogP contribution in [-0.4, -0.2) is 16.9 Å². The number of halogens is 2. The molecule has 19 heavy (non-hydrogen) atoms. The summed E-state index contributed by atoms with van der Waals surface area (Å²) < 4.78 is 13.2. The molecule has 1 aliphatic rings. The van der Waals surface area contributed by atoms with Crippen LogP contribution in [0.25, 0.3) is 0 Å². The molecule has 0 N–H and O–H groups in total. The Balaban J connectivity index is 2.44. The fourth-order valence-corrected chi connectivity index (χ4v) is 2.56. The van der Waals surface area contributed by atoms with Crippen molar-refractivity contribution in [1.29, 1.82) is 0 Å². The molecule has 0 aliphatic carbocycles. The van der Waals surface area contributed by atoms with Crippen molar-refractivity contribution in [2.45, 2.75) is 24.9 Å². The predicted octanol–water partition coefficient (Wildman–Crippen LogP) is 3.46. The molecule has 0 bridgehead atoms. The van der Waals surface area contributed by atoms with Crippen molar-refractivity contribution < 1.29 is 19.1 Å². The summed E-state index contributed by atoms with van der Waals surface area (Å²) in [6, 6.07) is 3.54. The molecule has 1 unspecified atom stereocenters. The molecule has 2 rings (SSSR count). The van der Waals surface area contributed by atoms with Crippen LogP contribution in [0.5, 0.6) is 0 Å². The smallest absolute Gasteiger partial charge is 0.258 e. The van der Waals surface area contributed by atoms with Gasteiger partial charge >= 0.3 is 0 Å². The molecule has 1 aromatic rings. The van der Waals surface area contributed by atoms with Gasteiger partial charge in [0, 0.05) is 11.8 Å². The van der Waals surface area contributed by atoms with E-state index in [0.717, 1.165) is 17.8 Å². The fraction of sp³-hybridized carbons (Fsp3) is 0.500. The Labute approximate surface area is 117 Å². The molecule has 1 heterocycles. The summed E-state index contributed by atoms with van der Waals surface area (Å²) in [5.74, 6) is -0.634. The van der Waals surface area contributed by atoms with Gasteiger partial charge in [-0.1, -0.05) is 15.9 Å². The number of nitro benzene ring substituents is 1. The Bertz CT molecular complexity index is 477. The normalized spacial score (nSPS) is 22.6. The second kappa shape index (κ2) is 5.94. The second-order valence-corrected chi connectivity index (χ2v) is 5.15. The lowest BCUT2D eigenvalue weighted by molar-refractivity contribution is -0.389. The van der Waals surface area contributed by atoms with E-state index in [4.69, 9.17) is 9.78 Å². The summed E-state index contributed by atoms with van der Waals surface area (Å²) in [6.45, 7) is 0.372. The molecule has 1 fully saturated rings. The van der Waals surface area contributed by atoms with Gasteiger partial charge in [0.2, 0.25) is 0 Å². The Kier molecular flexibility index (Phi) is 4.49. The summed E-state index contributed by atoms with van der Waals surface area (Å²) in [4.78, 5) is 20.7. The third-order valence-electron chi connectivity index (χ3n) is 3.17. The lowest BCUT2D eigenvalue weighted by atomic mass is 9.86. The van der Waals surface area contributed by atoms with Gasteiger partial charge in [-0.25, -0.2) is 14.2 Å². The minimum atomic E-state index is -0.857. The highest BCUT2D eigenvalue weighted by molar-refractivity contribution is 9.09. The molecule has 0 amide bonds. The van der Waals surface area contributed by atoms with Gasteiger partial charge in [0.25, 0.3) is 5.69 Å². The minimum Gasteiger partial charge on any atom is -0.258 e. The molecular formula is C12H13BrFNO4. The molecule has 7 heteroatoms. The van der Waals surface area contributed by atoms with Crippen LogP contribution in [0.1, 0.15) is 24.8 Å². The van der Waals surface area contributed by atoms with Crippen LogP contribution < -0.4 is 0 Å². The van der Waals surface area contributed by atoms with Crippen molar-refractivity contribution in [3.05, 3.63) is 39.7 Å². The Morgan fingerprint density at radius 3 is 2.89 bits per heavy atom. The van der Waals surface area contributed by atoms with E-state index in [2.05, 4.69) is 15.9 Å². The van der Waals surface area contributed by atoms with E-state index in [1.165, 1.54) is 12.1 Å². The average Bonchev–Trinajstić information content (AvgIpc) is 2.86. The molecule has 0 radical (unpaired) electrons. The molecule has 0 aromatic heterocycles. The molecule has 1 aromatic carbocycles. The summed E-state index contributed by atoms with van der Waals surface area (Å²) in [6.07, 6.45) is 1.87. The SMILES string of the molecule is O=[N+]([O-])c1cc(F)ccc1C1(CCCBr)CCOO1. The van der Waals surface area contributed by atoms with E-state index < -0.39 is 16.3 Å². The van der Waals surface area contributed by atoms with Crippen molar-refractivity contribution in [3.8, 4) is 0 Å². The van der Waals surface area contributed by atoms with Crippen molar-refractivity contribution in [2.24, 2.45) is 0 Å². The molecular weight excluding hydrogens is 321 g/mol. The summed E-state index contributed by atoms with van der Waals surface area (Å²) in [5, 5.41) is 11.8. The van der Waals surface area contributed by atoms with E-state index in [1.807, 2.05) is 0 Å². The average molecular weight is 334 g/mol. The first kappa shape index (κ1) is 14.4. The number of alkyl halides is 1. The van der Waals surface area contributed by atoms with E-state index in [0.29, 0.717) is 25.0 Å². The highest BCUT2D eigenvalue weighted by atomic mass is 79.9. The number of benzene rings is 1. The van der Waals surface area contributed by atoms with Gasteiger partial charge in [-0.05, 0) is 25.0 Å². The van der Waals surface area contributed by atoms with E-state index in [1.54, 1.807) is 0 Å². The van der Waals surface area contributed by atoms with Gasteiger partial charge in [-0.3, -0.25) is 10.1 Å². The largest absolute Gasteiger partial charge is 0.278 e. The Morgan fingerprint density at radius 1 is 1.53 bits per heavy atom. The van der Waals surface area contributed by atoms with Gasteiger partial charge in [-0.15, -0.1) is 0 Å². The monoisotopic (exact) mass is 333 g/mol. The second-order valence-electron chi connectivity index (χ2n) is 4.36. The molecule has 1 aliphatic heterocycles. The van der Waals surface area contributed by atoms with Gasteiger partial charge in [0.1, 0.15) is 11.4 Å². The maximum atomic E-state index is 13.2. The number of rotatable bonds is 5. The Morgan fingerprint density at radius 2 is 2.32 bits per heavy atom. The van der Waals surface area contributed by atoms with Gasteiger partial charge < -0.3 is 0 Å². The molecule has 1 atom stereocenters. The summed E-state index contributed by atoms with van der Waals surface area (Å²) >= 11 is 3.32. The van der Waals surface area contributed by atoms with Crippen molar-refractivity contribution in [2.75, 3.05) is 11.9 Å². The predicted molar refractivity (Wildman–Crippen MR) is 69.4 cm³/mol. The van der Waals surface area contributed by atoms with Crippen LogP contribution in [0, 0.1) is 15.9 Å². The van der Waals surface area contributed by atoms with Crippen LogP contribution in [0.4, 0.5) is 10.1 Å². The maximum Gasteiger partial charge on any atom is 0.278 e. The zero-order valence-corrected chi connectivity index (χ0v) is 11.7. The van der Waals surface area contributed by atoms with Crippen LogP contribution in [-0.2, 0) is 15.4 Å². The standard InChI is InChI=1S/C12H13BrFNO4/c13-6-1-4-12(5-7-18-19-12)10-3-2-9(14)8-11(10)15(16)17/h2-3,8H,1,4-7H2. The maximum absolute atomic E-state index is 13.2. The number of nitrogens with zero attached hydrogens (tertiary/aromatic N) is 1. The quantitative estimate of drug-likeness (QED) is 0.358. The molecule has 0 saturated carbocycles. The van der Waals surface area contributed by atoms with E-state index >= 15 is 0 Å². The first-order valence-electron chi connectivity index (χ1n) is 5.90. The third-order valence-corrected chi connectivity index (χ3v) is 3.73. The van der Waals surface area contributed by atoms with Crippen molar-refractivity contribution in [1.82, 2.24) is 0 Å². The zero-order chi connectivity index (χ0) is 13.9. The van der Waals surface area contributed by atoms with Gasteiger partial charge in [0.15, 0.2) is 0 Å². The van der Waals surface area contributed by atoms with Crippen LogP contribution >= 0.6 is 15.9 Å². The minimum absolute atomic E-state index is 0.264. The first-order valence-corrected chi connectivity index (χ1v) is 7.02. The summed E-state index contributed by atoms with van der Waals surface area (Å²) in [7, 11) is 0. The highest BCUT2D eigenvalue weighted by Crippen LogP contribution is 2.43. The van der Waals surface area contributed by atoms with Gasteiger partial charge in [-0.2, -0.15) is 0 Å². The van der Waals surface area contributed by atoms with Crippen LogP contribution in [0.3, 0.4) is 0 Å². The van der Waals surface area contributed by atoms with E-state index in [9.17, 15) is 14.5 Å².